The highest BCUT2D eigenvalue weighted by atomic mass is 32.2. The number of methoxy groups -OCH3 is 1. The summed E-state index contributed by atoms with van der Waals surface area (Å²) in [6.07, 6.45) is 0. The number of hydrogen-bond donors (Lipinski definition) is 0. The van der Waals surface area contributed by atoms with Crippen LogP contribution >= 0.6 is 0 Å². The Kier molecular flexibility index (Phi) is 5.62. The van der Waals surface area contributed by atoms with Crippen LogP contribution in [-0.2, 0) is 15.8 Å². The lowest BCUT2D eigenvalue weighted by atomic mass is 10.2. The van der Waals surface area contributed by atoms with E-state index in [4.69, 9.17) is 4.74 Å². The second-order valence-corrected chi connectivity index (χ2v) is 8.24. The molecule has 2 aromatic rings. The Morgan fingerprint density at radius 1 is 1.07 bits per heavy atom. The Morgan fingerprint density at radius 3 is 2.33 bits per heavy atom. The van der Waals surface area contributed by atoms with E-state index in [0.29, 0.717) is 31.7 Å². The summed E-state index contributed by atoms with van der Waals surface area (Å²) in [5.41, 5.74) is 1.49. The van der Waals surface area contributed by atoms with Crippen LogP contribution in [0, 0.1) is 10.1 Å². The van der Waals surface area contributed by atoms with Crippen LogP contribution in [0.1, 0.15) is 5.56 Å². The molecule has 144 valence electrons. The van der Waals surface area contributed by atoms with Gasteiger partial charge in [0, 0.05) is 50.1 Å². The van der Waals surface area contributed by atoms with Crippen molar-refractivity contribution in [2.45, 2.75) is 5.75 Å². The molecule has 1 saturated heterocycles. The molecule has 0 amide bonds. The molecule has 0 atom stereocenters. The molecule has 1 aliphatic heterocycles. The zero-order valence-corrected chi connectivity index (χ0v) is 15.8. The molecule has 0 saturated carbocycles. The Balaban J connectivity index is 1.63. The van der Waals surface area contributed by atoms with Crippen molar-refractivity contribution in [1.82, 2.24) is 4.31 Å². The van der Waals surface area contributed by atoms with Gasteiger partial charge in [0.25, 0.3) is 5.69 Å². The monoisotopic (exact) mass is 391 g/mol. The molecule has 1 heterocycles. The molecule has 27 heavy (non-hydrogen) atoms. The lowest BCUT2D eigenvalue weighted by Crippen LogP contribution is -2.49. The SMILES string of the molecule is COc1cccc(N2CCN(S(=O)(=O)Cc3ccc([N+](=O)[O-])cc3)CC2)c1. The van der Waals surface area contributed by atoms with Crippen molar-refractivity contribution < 1.29 is 18.1 Å². The summed E-state index contributed by atoms with van der Waals surface area (Å²) < 4.78 is 32.1. The van der Waals surface area contributed by atoms with E-state index < -0.39 is 14.9 Å². The summed E-state index contributed by atoms with van der Waals surface area (Å²) in [6.45, 7) is 1.97. The maximum atomic E-state index is 12.7. The maximum absolute atomic E-state index is 12.7. The molecule has 0 aliphatic carbocycles. The van der Waals surface area contributed by atoms with Crippen molar-refractivity contribution in [3.8, 4) is 5.75 Å². The fourth-order valence-electron chi connectivity index (χ4n) is 3.05. The molecule has 3 rings (SSSR count). The second kappa shape index (κ2) is 7.93. The highest BCUT2D eigenvalue weighted by molar-refractivity contribution is 7.88. The summed E-state index contributed by atoms with van der Waals surface area (Å²) in [6, 6.07) is 13.3. The highest BCUT2D eigenvalue weighted by Crippen LogP contribution is 2.23. The fourth-order valence-corrected chi connectivity index (χ4v) is 4.56. The third-order valence-electron chi connectivity index (χ3n) is 4.55. The second-order valence-electron chi connectivity index (χ2n) is 6.27. The number of nitrogens with zero attached hydrogens (tertiary/aromatic N) is 3. The van der Waals surface area contributed by atoms with E-state index in [1.165, 1.54) is 28.6 Å². The number of non-ortho nitro benzene ring substituents is 1. The highest BCUT2D eigenvalue weighted by Gasteiger charge is 2.27. The van der Waals surface area contributed by atoms with Crippen molar-refractivity contribution in [3.05, 3.63) is 64.2 Å². The number of nitro benzene ring substituents is 1. The summed E-state index contributed by atoms with van der Waals surface area (Å²) in [5.74, 6) is 0.602. The predicted octanol–water partition coefficient (Wildman–Crippen LogP) is 2.26. The van der Waals surface area contributed by atoms with Gasteiger partial charge in [0.05, 0.1) is 17.8 Å². The zero-order valence-electron chi connectivity index (χ0n) is 14.9. The van der Waals surface area contributed by atoms with Crippen LogP contribution in [0.3, 0.4) is 0 Å². The minimum atomic E-state index is -3.48. The molecule has 1 aliphatic rings. The molecule has 9 heteroatoms. The normalized spacial score (nSPS) is 15.5. The van der Waals surface area contributed by atoms with Crippen molar-refractivity contribution in [1.29, 1.82) is 0 Å². The van der Waals surface area contributed by atoms with Gasteiger partial charge in [-0.15, -0.1) is 0 Å². The quantitative estimate of drug-likeness (QED) is 0.554. The average molecular weight is 391 g/mol. The first-order valence-electron chi connectivity index (χ1n) is 8.49. The van der Waals surface area contributed by atoms with Gasteiger partial charge >= 0.3 is 0 Å². The van der Waals surface area contributed by atoms with Gasteiger partial charge < -0.3 is 9.64 Å². The first-order valence-corrected chi connectivity index (χ1v) is 10.1. The topological polar surface area (TPSA) is 93.0 Å². The summed E-state index contributed by atoms with van der Waals surface area (Å²) in [7, 11) is -1.86. The van der Waals surface area contributed by atoms with E-state index in [2.05, 4.69) is 4.90 Å². The van der Waals surface area contributed by atoms with Crippen molar-refractivity contribution in [2.75, 3.05) is 38.2 Å². The summed E-state index contributed by atoms with van der Waals surface area (Å²) in [4.78, 5) is 12.3. The molecule has 1 fully saturated rings. The van der Waals surface area contributed by atoms with Gasteiger partial charge in [-0.25, -0.2) is 8.42 Å². The van der Waals surface area contributed by atoms with Gasteiger partial charge in [-0.3, -0.25) is 10.1 Å². The van der Waals surface area contributed by atoms with E-state index in [1.807, 2.05) is 24.3 Å². The van der Waals surface area contributed by atoms with E-state index in [9.17, 15) is 18.5 Å². The zero-order chi connectivity index (χ0) is 19.4. The molecule has 0 spiro atoms. The Labute approximate surface area is 158 Å². The molecule has 0 unspecified atom stereocenters. The van der Waals surface area contributed by atoms with Crippen molar-refractivity contribution in [2.24, 2.45) is 0 Å². The molecule has 0 bridgehead atoms. The smallest absolute Gasteiger partial charge is 0.269 e. The number of hydrogen-bond acceptors (Lipinski definition) is 6. The van der Waals surface area contributed by atoms with E-state index in [1.54, 1.807) is 7.11 Å². The molecular weight excluding hydrogens is 370 g/mol. The Hall–Kier alpha value is -2.65. The number of piperazine rings is 1. The Bertz CT molecular complexity index is 907. The van der Waals surface area contributed by atoms with Crippen LogP contribution in [-0.4, -0.2) is 50.9 Å². The maximum Gasteiger partial charge on any atom is 0.269 e. The van der Waals surface area contributed by atoms with Crippen LogP contribution in [0.4, 0.5) is 11.4 Å². The number of ether oxygens (including phenoxy) is 1. The number of rotatable bonds is 6. The minimum absolute atomic E-state index is 0.0527. The molecule has 0 N–H and O–H groups in total. The van der Waals surface area contributed by atoms with E-state index in [0.717, 1.165) is 11.4 Å². The number of sulfonamides is 1. The minimum Gasteiger partial charge on any atom is -0.497 e. The standard InChI is InChI=1S/C18H21N3O5S/c1-26-18-4-2-3-17(13-18)19-9-11-20(12-10-19)27(24,25)14-15-5-7-16(8-6-15)21(22)23/h2-8,13H,9-12,14H2,1H3. The van der Waals surface area contributed by atoms with E-state index in [-0.39, 0.29) is 11.4 Å². The first kappa shape index (κ1) is 19.1. The molecular formula is C18H21N3O5S. The molecule has 0 aromatic heterocycles. The third kappa shape index (κ3) is 4.55. The lowest BCUT2D eigenvalue weighted by molar-refractivity contribution is -0.384. The number of nitro groups is 1. The predicted molar refractivity (Wildman–Crippen MR) is 103 cm³/mol. The first-order chi connectivity index (χ1) is 12.9. The van der Waals surface area contributed by atoms with Crippen molar-refractivity contribution >= 4 is 21.4 Å². The Morgan fingerprint density at radius 2 is 1.74 bits per heavy atom. The van der Waals surface area contributed by atoms with Gasteiger partial charge in [0.2, 0.25) is 10.0 Å². The third-order valence-corrected chi connectivity index (χ3v) is 6.40. The summed E-state index contributed by atoms with van der Waals surface area (Å²) in [5, 5.41) is 10.7. The van der Waals surface area contributed by atoms with Crippen LogP contribution < -0.4 is 9.64 Å². The molecule has 0 radical (unpaired) electrons. The van der Waals surface area contributed by atoms with Crippen LogP contribution in [0.5, 0.6) is 5.75 Å². The van der Waals surface area contributed by atoms with Crippen LogP contribution in [0.15, 0.2) is 48.5 Å². The largest absolute Gasteiger partial charge is 0.497 e. The fraction of sp³-hybridized carbons (Fsp3) is 0.333. The van der Waals surface area contributed by atoms with Gasteiger partial charge in [0.15, 0.2) is 0 Å². The number of benzene rings is 2. The van der Waals surface area contributed by atoms with Gasteiger partial charge in [-0.05, 0) is 17.7 Å². The average Bonchev–Trinajstić information content (AvgIpc) is 2.68. The van der Waals surface area contributed by atoms with Gasteiger partial charge in [-0.1, -0.05) is 18.2 Å². The summed E-state index contributed by atoms with van der Waals surface area (Å²) >= 11 is 0. The molecule has 8 nitrogen and oxygen atoms in total. The molecule has 2 aromatic carbocycles. The van der Waals surface area contributed by atoms with Crippen LogP contribution in [0.2, 0.25) is 0 Å². The van der Waals surface area contributed by atoms with Crippen LogP contribution in [0.25, 0.3) is 0 Å². The number of anilines is 1. The van der Waals surface area contributed by atoms with Gasteiger partial charge in [0.1, 0.15) is 5.75 Å². The lowest BCUT2D eigenvalue weighted by Gasteiger charge is -2.35. The van der Waals surface area contributed by atoms with E-state index >= 15 is 0 Å². The van der Waals surface area contributed by atoms with Gasteiger partial charge in [-0.2, -0.15) is 4.31 Å². The van der Waals surface area contributed by atoms with Crippen molar-refractivity contribution in [3.63, 3.8) is 0 Å².